The van der Waals surface area contributed by atoms with Crippen molar-refractivity contribution < 1.29 is 29.3 Å². The number of allylic oxidation sites excluding steroid dienone is 2. The van der Waals surface area contributed by atoms with Gasteiger partial charge in [-0.25, -0.2) is 4.79 Å². The Labute approximate surface area is 311 Å². The number of aliphatic hydroxyl groups excluding tert-OH is 1. The van der Waals surface area contributed by atoms with Gasteiger partial charge in [-0.05, 0) is 130 Å². The second-order valence-electron chi connectivity index (χ2n) is 15.6. The van der Waals surface area contributed by atoms with E-state index in [1.165, 1.54) is 16.9 Å². The van der Waals surface area contributed by atoms with Gasteiger partial charge >= 0.3 is 6.09 Å². The summed E-state index contributed by atoms with van der Waals surface area (Å²) in [5, 5.41) is 26.0. The lowest BCUT2D eigenvalue weighted by Gasteiger charge is -2.46. The Morgan fingerprint density at radius 2 is 1.81 bits per heavy atom. The molecule has 0 spiro atoms. The number of rotatable bonds is 7. The summed E-state index contributed by atoms with van der Waals surface area (Å²) >= 11 is 1.49. The molecular weight excluding hydrogens is 671 g/mol. The van der Waals surface area contributed by atoms with Crippen molar-refractivity contribution in [2.24, 2.45) is 5.41 Å². The summed E-state index contributed by atoms with van der Waals surface area (Å²) in [7, 11) is 0. The third kappa shape index (κ3) is 7.63. The first kappa shape index (κ1) is 36.5. The summed E-state index contributed by atoms with van der Waals surface area (Å²) in [5.41, 5.74) is 1.76. The molecule has 7 nitrogen and oxygen atoms in total. The van der Waals surface area contributed by atoms with Gasteiger partial charge < -0.3 is 24.6 Å². The zero-order valence-electron chi connectivity index (χ0n) is 30.6. The van der Waals surface area contributed by atoms with E-state index in [-0.39, 0.29) is 24.3 Å². The SMILES string of the molecule is CC1=CCCC2(C)C(CCC2(O)CN(CC2CCCO2)C(=O)Oc2ccc3ccccc3c2)c2ccc(cc2C(=O)c2ccc(C)s2)CC(O)CC1. The van der Waals surface area contributed by atoms with E-state index in [9.17, 15) is 19.8 Å². The molecule has 2 fully saturated rings. The molecule has 0 radical (unpaired) electrons. The zero-order valence-corrected chi connectivity index (χ0v) is 31.4. The van der Waals surface area contributed by atoms with Crippen LogP contribution in [0.25, 0.3) is 10.8 Å². The summed E-state index contributed by atoms with van der Waals surface area (Å²) < 4.78 is 12.1. The number of aryl methyl sites for hydroxylation is 1. The summed E-state index contributed by atoms with van der Waals surface area (Å²) in [6.45, 7) is 7.34. The first-order valence-electron chi connectivity index (χ1n) is 18.9. The molecule has 1 aliphatic heterocycles. The molecule has 5 atom stereocenters. The average Bonchev–Trinajstić information content (AvgIpc) is 3.87. The Bertz CT molecular complexity index is 1960. The lowest BCUT2D eigenvalue weighted by Crippen LogP contribution is -2.55. The van der Waals surface area contributed by atoms with Crippen LogP contribution >= 0.6 is 11.3 Å². The molecule has 52 heavy (non-hydrogen) atoms. The van der Waals surface area contributed by atoms with Crippen molar-refractivity contribution in [1.82, 2.24) is 4.90 Å². The highest BCUT2D eigenvalue weighted by molar-refractivity contribution is 7.14. The Morgan fingerprint density at radius 3 is 2.58 bits per heavy atom. The minimum absolute atomic E-state index is 0.0240. The molecule has 2 N–H and O–H groups in total. The Balaban J connectivity index is 1.25. The second-order valence-corrected chi connectivity index (χ2v) is 16.9. The molecule has 274 valence electrons. The first-order chi connectivity index (χ1) is 25.0. The van der Waals surface area contributed by atoms with Crippen LogP contribution in [0.3, 0.4) is 0 Å². The smallest absolute Gasteiger partial charge is 0.410 e. The fourth-order valence-corrected chi connectivity index (χ4v) is 9.66. The van der Waals surface area contributed by atoms with Crippen LogP contribution in [0.5, 0.6) is 5.75 Å². The molecule has 2 heterocycles. The van der Waals surface area contributed by atoms with E-state index < -0.39 is 23.2 Å². The van der Waals surface area contributed by atoms with Crippen LogP contribution in [-0.4, -0.2) is 64.5 Å². The van der Waals surface area contributed by atoms with Crippen molar-refractivity contribution in [3.8, 4) is 5.75 Å². The van der Waals surface area contributed by atoms with E-state index in [0.29, 0.717) is 61.4 Å². The van der Waals surface area contributed by atoms with Crippen molar-refractivity contribution in [1.29, 1.82) is 0 Å². The third-order valence-electron chi connectivity index (χ3n) is 12.0. The van der Waals surface area contributed by atoms with Gasteiger partial charge in [0.15, 0.2) is 0 Å². The molecule has 1 aromatic heterocycles. The molecule has 8 heteroatoms. The van der Waals surface area contributed by atoms with E-state index in [4.69, 9.17) is 9.47 Å². The summed E-state index contributed by atoms with van der Waals surface area (Å²) in [6, 6.07) is 23.6. The summed E-state index contributed by atoms with van der Waals surface area (Å²) in [5.74, 6) is 0.289. The molecule has 3 aromatic carbocycles. The lowest BCUT2D eigenvalue weighted by atomic mass is 9.64. The van der Waals surface area contributed by atoms with Crippen molar-refractivity contribution >= 4 is 34.0 Å². The number of carbonyl (C=O) groups excluding carboxylic acids is 2. The third-order valence-corrected chi connectivity index (χ3v) is 13.0. The number of nitrogens with zero attached hydrogens (tertiary/aromatic N) is 1. The first-order valence-corrected chi connectivity index (χ1v) is 19.7. The van der Waals surface area contributed by atoms with Crippen LogP contribution in [0, 0.1) is 12.3 Å². The quantitative estimate of drug-likeness (QED) is 0.146. The number of hydrogen-bond acceptors (Lipinski definition) is 7. The summed E-state index contributed by atoms with van der Waals surface area (Å²) in [6.07, 6.45) is 7.28. The molecule has 1 amide bonds. The second kappa shape index (κ2) is 15.3. The minimum atomic E-state index is -1.27. The van der Waals surface area contributed by atoms with Crippen LogP contribution in [0.4, 0.5) is 4.79 Å². The molecule has 4 aromatic rings. The number of aliphatic hydroxyl groups is 2. The largest absolute Gasteiger partial charge is 0.415 e. The van der Waals surface area contributed by atoms with Crippen LogP contribution in [0.2, 0.25) is 0 Å². The number of fused-ring (bicyclic) bond motifs is 9. The maximum Gasteiger partial charge on any atom is 0.415 e. The monoisotopic (exact) mass is 721 g/mol. The normalized spacial score (nSPS) is 26.5. The number of ketones is 1. The van der Waals surface area contributed by atoms with Gasteiger partial charge in [0.1, 0.15) is 5.75 Å². The van der Waals surface area contributed by atoms with Gasteiger partial charge in [0.05, 0.1) is 35.8 Å². The Kier molecular flexibility index (Phi) is 10.7. The lowest BCUT2D eigenvalue weighted by molar-refractivity contribution is -0.0831. The predicted octanol–water partition coefficient (Wildman–Crippen LogP) is 9.16. The van der Waals surface area contributed by atoms with Crippen molar-refractivity contribution in [2.45, 2.75) is 102 Å². The molecule has 1 saturated heterocycles. The number of benzene rings is 3. The van der Waals surface area contributed by atoms with Crippen LogP contribution < -0.4 is 4.74 Å². The van der Waals surface area contributed by atoms with Gasteiger partial charge in [-0.3, -0.25) is 4.79 Å². The van der Waals surface area contributed by atoms with E-state index in [2.05, 4.69) is 26.0 Å². The van der Waals surface area contributed by atoms with Crippen molar-refractivity contribution in [3.63, 3.8) is 0 Å². The minimum Gasteiger partial charge on any atom is -0.410 e. The van der Waals surface area contributed by atoms with Gasteiger partial charge in [0.25, 0.3) is 0 Å². The molecular formula is C44H51NO6S. The molecule has 5 unspecified atom stereocenters. The zero-order chi connectivity index (χ0) is 36.5. The van der Waals surface area contributed by atoms with Crippen LogP contribution in [0.1, 0.15) is 102 Å². The highest BCUT2D eigenvalue weighted by Crippen LogP contribution is 2.59. The summed E-state index contributed by atoms with van der Waals surface area (Å²) in [4.78, 5) is 31.9. The average molecular weight is 722 g/mol. The highest BCUT2D eigenvalue weighted by Gasteiger charge is 2.58. The van der Waals surface area contributed by atoms with Crippen molar-refractivity contribution in [3.05, 3.63) is 111 Å². The maximum atomic E-state index is 14.3. The molecule has 3 aliphatic carbocycles. The number of thiophene rings is 1. The number of ether oxygens (including phenoxy) is 2. The molecule has 4 aliphatic rings. The number of hydrogen-bond donors (Lipinski definition) is 2. The van der Waals surface area contributed by atoms with E-state index in [1.54, 1.807) is 4.90 Å². The molecule has 1 saturated carbocycles. The van der Waals surface area contributed by atoms with Gasteiger partial charge in [-0.2, -0.15) is 0 Å². The van der Waals surface area contributed by atoms with Gasteiger partial charge in [0.2, 0.25) is 5.78 Å². The Morgan fingerprint density at radius 1 is 0.981 bits per heavy atom. The highest BCUT2D eigenvalue weighted by atomic mass is 32.1. The fourth-order valence-electron chi connectivity index (χ4n) is 8.84. The topological polar surface area (TPSA) is 96.3 Å². The van der Waals surface area contributed by atoms with Gasteiger partial charge in [0, 0.05) is 22.5 Å². The van der Waals surface area contributed by atoms with Gasteiger partial charge in [-0.15, -0.1) is 11.3 Å². The standard InChI is InChI=1S/C44H51NO6S/c1-29-8-6-21-43(3)39(37-18-14-31(24-34(46)16-12-29)25-38(37)41(47)40-19-13-30(2)52-40)20-22-44(43,49)28-45(27-36-11-7-23-50-36)42(48)51-35-17-15-32-9-4-5-10-33(32)26-35/h4-5,8-10,13-15,17-19,25-26,34,36,39,46,49H,6-7,11-12,16,20-24,27-28H2,1-3H3. The van der Waals surface area contributed by atoms with E-state index >= 15 is 0 Å². The van der Waals surface area contributed by atoms with Crippen molar-refractivity contribution in [2.75, 3.05) is 19.7 Å². The van der Waals surface area contributed by atoms with E-state index in [0.717, 1.165) is 52.5 Å². The van der Waals surface area contributed by atoms with Crippen LogP contribution in [-0.2, 0) is 11.2 Å². The fraction of sp³-hybridized carbons (Fsp3) is 0.455. The maximum absolute atomic E-state index is 14.3. The van der Waals surface area contributed by atoms with Gasteiger partial charge in [-0.1, -0.05) is 61.0 Å². The Hall–Kier alpha value is -3.82. The number of carbonyl (C=O) groups is 2. The predicted molar refractivity (Wildman–Crippen MR) is 206 cm³/mol. The van der Waals surface area contributed by atoms with E-state index in [1.807, 2.05) is 73.7 Å². The molecule has 2 bridgehead atoms. The van der Waals surface area contributed by atoms with Crippen LogP contribution in [0.15, 0.2) is 84.4 Å². The number of amides is 1. The molecule has 8 rings (SSSR count).